The normalized spacial score (nSPS) is 12.6. The van der Waals surface area contributed by atoms with Gasteiger partial charge in [0.05, 0.1) is 17.1 Å². The molecule has 100 valence electrons. The minimum absolute atomic E-state index is 0.354. The van der Waals surface area contributed by atoms with E-state index in [2.05, 4.69) is 9.97 Å². The molecule has 1 aromatic heterocycles. The Morgan fingerprint density at radius 2 is 1.65 bits per heavy atom. The third-order valence-corrected chi connectivity index (χ3v) is 3.72. The molecule has 1 heterocycles. The fraction of sp³-hybridized carbons (Fsp3) is 0.0667. The monoisotopic (exact) mass is 303 g/mol. The summed E-state index contributed by atoms with van der Waals surface area (Å²) in [6.07, 6.45) is 3.32. The molecule has 0 bridgehead atoms. The molecule has 0 aliphatic rings. The van der Waals surface area contributed by atoms with Crippen molar-refractivity contribution in [3.8, 4) is 0 Å². The van der Waals surface area contributed by atoms with E-state index in [1.165, 1.54) is 0 Å². The minimum Gasteiger partial charge on any atom is -0.320 e. The van der Waals surface area contributed by atoms with Crippen LogP contribution in [0.2, 0.25) is 10.0 Å². The second-order valence-corrected chi connectivity index (χ2v) is 5.29. The van der Waals surface area contributed by atoms with Gasteiger partial charge >= 0.3 is 0 Å². The number of rotatable bonds is 2. The molecule has 5 heteroatoms. The maximum absolute atomic E-state index is 6.29. The van der Waals surface area contributed by atoms with E-state index < -0.39 is 0 Å². The first-order valence-electron chi connectivity index (χ1n) is 6.06. The molecule has 3 nitrogen and oxygen atoms in total. The molecule has 3 aromatic rings. The Balaban J connectivity index is 2.07. The van der Waals surface area contributed by atoms with E-state index in [1.54, 1.807) is 30.6 Å². The summed E-state index contributed by atoms with van der Waals surface area (Å²) in [7, 11) is 0. The van der Waals surface area contributed by atoms with Gasteiger partial charge < -0.3 is 5.73 Å². The van der Waals surface area contributed by atoms with Crippen molar-refractivity contribution < 1.29 is 0 Å². The molecule has 20 heavy (non-hydrogen) atoms. The predicted octanol–water partition coefficient (Wildman–Crippen LogP) is 3.98. The number of benzene rings is 2. The summed E-state index contributed by atoms with van der Waals surface area (Å²) in [5.74, 6) is 0. The molecule has 0 aliphatic carbocycles. The molecule has 0 saturated heterocycles. The zero-order chi connectivity index (χ0) is 14.1. The number of hydrogen-bond donors (Lipinski definition) is 1. The van der Waals surface area contributed by atoms with Gasteiger partial charge in [-0.15, -0.1) is 0 Å². The summed E-state index contributed by atoms with van der Waals surface area (Å²) >= 11 is 12.2. The highest BCUT2D eigenvalue weighted by molar-refractivity contribution is 6.33. The van der Waals surface area contributed by atoms with E-state index in [1.807, 2.05) is 18.2 Å². The average molecular weight is 304 g/mol. The Bertz CT molecular complexity index is 774. The molecule has 0 aliphatic heterocycles. The standard InChI is InChI=1S/C15H11Cl2N3/c16-10-2-3-12(17)11(8-10)15(18)9-1-4-13-14(7-9)20-6-5-19-13/h1-8,15H,18H2. The number of nitrogens with two attached hydrogens (primary N) is 1. The lowest BCUT2D eigenvalue weighted by Crippen LogP contribution is -2.12. The lowest BCUT2D eigenvalue weighted by atomic mass is 9.99. The van der Waals surface area contributed by atoms with E-state index in [0.717, 1.165) is 22.2 Å². The molecular weight excluding hydrogens is 293 g/mol. The third-order valence-electron chi connectivity index (χ3n) is 3.15. The van der Waals surface area contributed by atoms with Crippen molar-refractivity contribution in [3.05, 3.63) is 70.0 Å². The van der Waals surface area contributed by atoms with Crippen LogP contribution in [-0.4, -0.2) is 9.97 Å². The second-order valence-electron chi connectivity index (χ2n) is 4.45. The number of hydrogen-bond acceptors (Lipinski definition) is 3. The van der Waals surface area contributed by atoms with Gasteiger partial charge in [-0.2, -0.15) is 0 Å². The minimum atomic E-state index is -0.354. The van der Waals surface area contributed by atoms with Gasteiger partial charge in [-0.1, -0.05) is 29.3 Å². The maximum Gasteiger partial charge on any atom is 0.0890 e. The summed E-state index contributed by atoms with van der Waals surface area (Å²) in [6.45, 7) is 0. The van der Waals surface area contributed by atoms with E-state index in [-0.39, 0.29) is 6.04 Å². The highest BCUT2D eigenvalue weighted by Crippen LogP contribution is 2.29. The van der Waals surface area contributed by atoms with E-state index in [4.69, 9.17) is 28.9 Å². The van der Waals surface area contributed by atoms with Gasteiger partial charge in [0, 0.05) is 22.4 Å². The zero-order valence-corrected chi connectivity index (χ0v) is 11.9. The van der Waals surface area contributed by atoms with Crippen molar-refractivity contribution in [1.29, 1.82) is 0 Å². The van der Waals surface area contributed by atoms with E-state index in [0.29, 0.717) is 10.0 Å². The Morgan fingerprint density at radius 1 is 0.900 bits per heavy atom. The fourth-order valence-corrected chi connectivity index (χ4v) is 2.52. The van der Waals surface area contributed by atoms with Crippen LogP contribution in [0.1, 0.15) is 17.2 Å². The Kier molecular flexibility index (Phi) is 3.57. The molecule has 2 aromatic carbocycles. The SMILES string of the molecule is NC(c1ccc2nccnc2c1)c1cc(Cl)ccc1Cl. The van der Waals surface area contributed by atoms with Gasteiger partial charge in [0.15, 0.2) is 0 Å². The van der Waals surface area contributed by atoms with Crippen molar-refractivity contribution in [2.45, 2.75) is 6.04 Å². The van der Waals surface area contributed by atoms with Crippen LogP contribution in [-0.2, 0) is 0 Å². The molecular formula is C15H11Cl2N3. The first-order chi connectivity index (χ1) is 9.65. The maximum atomic E-state index is 6.29. The molecule has 0 saturated carbocycles. The van der Waals surface area contributed by atoms with Gasteiger partial charge in [0.1, 0.15) is 0 Å². The largest absolute Gasteiger partial charge is 0.320 e. The highest BCUT2D eigenvalue weighted by Gasteiger charge is 2.14. The van der Waals surface area contributed by atoms with Crippen LogP contribution >= 0.6 is 23.2 Å². The second kappa shape index (κ2) is 5.37. The van der Waals surface area contributed by atoms with Gasteiger partial charge in [-0.05, 0) is 41.5 Å². The number of aromatic nitrogens is 2. The number of fused-ring (bicyclic) bond motifs is 1. The Labute approximate surface area is 126 Å². The topological polar surface area (TPSA) is 51.8 Å². The zero-order valence-electron chi connectivity index (χ0n) is 10.4. The van der Waals surface area contributed by atoms with Crippen LogP contribution in [0.3, 0.4) is 0 Å². The summed E-state index contributed by atoms with van der Waals surface area (Å²) < 4.78 is 0. The van der Waals surface area contributed by atoms with Crippen LogP contribution in [0.5, 0.6) is 0 Å². The van der Waals surface area contributed by atoms with E-state index in [9.17, 15) is 0 Å². The molecule has 0 radical (unpaired) electrons. The lowest BCUT2D eigenvalue weighted by molar-refractivity contribution is 0.873. The third kappa shape index (κ3) is 2.48. The van der Waals surface area contributed by atoms with Gasteiger partial charge in [-0.25, -0.2) is 0 Å². The van der Waals surface area contributed by atoms with Crippen LogP contribution in [0.15, 0.2) is 48.8 Å². The molecule has 3 rings (SSSR count). The number of halogens is 2. The molecule has 1 atom stereocenters. The van der Waals surface area contributed by atoms with Crippen molar-refractivity contribution >= 4 is 34.2 Å². The number of nitrogens with zero attached hydrogens (tertiary/aromatic N) is 2. The fourth-order valence-electron chi connectivity index (χ4n) is 2.11. The quantitative estimate of drug-likeness (QED) is 0.779. The molecule has 0 fully saturated rings. The van der Waals surface area contributed by atoms with Gasteiger partial charge in [0.2, 0.25) is 0 Å². The van der Waals surface area contributed by atoms with Gasteiger partial charge in [0.25, 0.3) is 0 Å². The Hall–Kier alpha value is -1.68. The van der Waals surface area contributed by atoms with Crippen LogP contribution < -0.4 is 5.73 Å². The predicted molar refractivity (Wildman–Crippen MR) is 82.0 cm³/mol. The van der Waals surface area contributed by atoms with Gasteiger partial charge in [-0.3, -0.25) is 9.97 Å². The Morgan fingerprint density at radius 3 is 2.45 bits per heavy atom. The first kappa shape index (κ1) is 13.3. The molecule has 2 N–H and O–H groups in total. The summed E-state index contributed by atoms with van der Waals surface area (Å²) in [6, 6.07) is 10.7. The average Bonchev–Trinajstić information content (AvgIpc) is 2.48. The van der Waals surface area contributed by atoms with Crippen LogP contribution in [0.25, 0.3) is 11.0 Å². The van der Waals surface area contributed by atoms with Crippen molar-refractivity contribution in [3.63, 3.8) is 0 Å². The van der Waals surface area contributed by atoms with Crippen molar-refractivity contribution in [1.82, 2.24) is 9.97 Å². The van der Waals surface area contributed by atoms with Crippen LogP contribution in [0, 0.1) is 0 Å². The molecule has 0 spiro atoms. The summed E-state index contributed by atoms with van der Waals surface area (Å²) in [4.78, 5) is 8.52. The van der Waals surface area contributed by atoms with Crippen molar-refractivity contribution in [2.75, 3.05) is 0 Å². The smallest absolute Gasteiger partial charge is 0.0890 e. The summed E-state index contributed by atoms with van der Waals surface area (Å²) in [5, 5.41) is 1.21. The first-order valence-corrected chi connectivity index (χ1v) is 6.82. The lowest BCUT2D eigenvalue weighted by Gasteiger charge is -2.15. The molecule has 1 unspecified atom stereocenters. The molecule has 0 amide bonds. The van der Waals surface area contributed by atoms with Crippen LogP contribution in [0.4, 0.5) is 0 Å². The van der Waals surface area contributed by atoms with E-state index >= 15 is 0 Å². The summed E-state index contributed by atoms with van der Waals surface area (Å²) in [5.41, 5.74) is 9.64. The highest BCUT2D eigenvalue weighted by atomic mass is 35.5. The van der Waals surface area contributed by atoms with Crippen molar-refractivity contribution in [2.24, 2.45) is 5.73 Å².